The first-order valence-corrected chi connectivity index (χ1v) is 8.13. The summed E-state index contributed by atoms with van der Waals surface area (Å²) in [7, 11) is 0. The molecule has 114 valence electrons. The molecule has 1 N–H and O–H groups in total. The second kappa shape index (κ2) is 7.08. The lowest BCUT2D eigenvalue weighted by Crippen LogP contribution is -2.41. The van der Waals surface area contributed by atoms with Gasteiger partial charge < -0.3 is 10.2 Å². The lowest BCUT2D eigenvalue weighted by molar-refractivity contribution is 0.172. The van der Waals surface area contributed by atoms with Gasteiger partial charge in [-0.1, -0.05) is 41.5 Å². The second-order valence-electron chi connectivity index (χ2n) is 8.48. The van der Waals surface area contributed by atoms with Crippen LogP contribution in [-0.2, 0) is 0 Å². The number of likely N-dealkylation sites (tertiary alicyclic amines) is 1. The highest BCUT2D eigenvalue weighted by molar-refractivity contribution is 4.81. The maximum Gasteiger partial charge on any atom is 0.00448 e. The molecule has 1 fully saturated rings. The van der Waals surface area contributed by atoms with Crippen LogP contribution in [0.2, 0.25) is 0 Å². The topological polar surface area (TPSA) is 15.3 Å². The quantitative estimate of drug-likeness (QED) is 0.789. The Labute approximate surface area is 121 Å². The Kier molecular flexibility index (Phi) is 6.32. The van der Waals surface area contributed by atoms with Crippen LogP contribution in [0.15, 0.2) is 0 Å². The Hall–Kier alpha value is -0.0800. The fourth-order valence-corrected chi connectivity index (χ4v) is 3.00. The van der Waals surface area contributed by atoms with Gasteiger partial charge in [0.05, 0.1) is 0 Å². The standard InChI is InChI=1S/C17H36N2/c1-15(2)12-18-13-17(5,6)14-19-10-7-8-16(3,4)9-11-19/h15,18H,7-14H2,1-6H3. The normalized spacial score (nSPS) is 21.6. The van der Waals surface area contributed by atoms with Crippen LogP contribution in [0.25, 0.3) is 0 Å². The van der Waals surface area contributed by atoms with Crippen molar-refractivity contribution in [3.63, 3.8) is 0 Å². The van der Waals surface area contributed by atoms with Crippen LogP contribution in [0, 0.1) is 16.7 Å². The number of rotatable bonds is 6. The molecule has 1 heterocycles. The molecule has 0 aromatic carbocycles. The van der Waals surface area contributed by atoms with Gasteiger partial charge >= 0.3 is 0 Å². The summed E-state index contributed by atoms with van der Waals surface area (Å²) in [6.07, 6.45) is 4.10. The summed E-state index contributed by atoms with van der Waals surface area (Å²) in [4.78, 5) is 2.69. The van der Waals surface area contributed by atoms with Crippen LogP contribution in [0.1, 0.15) is 60.8 Å². The molecule has 0 saturated carbocycles. The molecule has 0 radical (unpaired) electrons. The maximum atomic E-state index is 3.62. The van der Waals surface area contributed by atoms with Crippen molar-refractivity contribution in [1.29, 1.82) is 0 Å². The zero-order chi connectivity index (χ0) is 14.5. The Bertz CT molecular complexity index is 256. The average Bonchev–Trinajstić information content (AvgIpc) is 2.39. The molecule has 1 saturated heterocycles. The van der Waals surface area contributed by atoms with Crippen LogP contribution >= 0.6 is 0 Å². The third-order valence-corrected chi connectivity index (χ3v) is 4.24. The third-order valence-electron chi connectivity index (χ3n) is 4.24. The molecule has 0 bridgehead atoms. The number of nitrogens with one attached hydrogen (secondary N) is 1. The van der Waals surface area contributed by atoms with Crippen molar-refractivity contribution in [3.8, 4) is 0 Å². The van der Waals surface area contributed by atoms with E-state index in [1.54, 1.807) is 0 Å². The van der Waals surface area contributed by atoms with E-state index in [1.807, 2.05) is 0 Å². The van der Waals surface area contributed by atoms with E-state index < -0.39 is 0 Å². The summed E-state index contributed by atoms with van der Waals surface area (Å²) in [5, 5.41) is 3.62. The Balaban J connectivity index is 2.35. The van der Waals surface area contributed by atoms with E-state index in [1.165, 1.54) is 38.9 Å². The van der Waals surface area contributed by atoms with Crippen molar-refractivity contribution < 1.29 is 0 Å². The van der Waals surface area contributed by atoms with Gasteiger partial charge in [-0.2, -0.15) is 0 Å². The van der Waals surface area contributed by atoms with Crippen molar-refractivity contribution in [2.75, 3.05) is 32.7 Å². The van der Waals surface area contributed by atoms with Gasteiger partial charge in [0.15, 0.2) is 0 Å². The van der Waals surface area contributed by atoms with E-state index in [9.17, 15) is 0 Å². The third kappa shape index (κ3) is 7.31. The predicted octanol–water partition coefficient (Wildman–Crippen LogP) is 3.77. The van der Waals surface area contributed by atoms with E-state index in [0.717, 1.165) is 19.0 Å². The number of nitrogens with zero attached hydrogens (tertiary/aromatic N) is 1. The summed E-state index contributed by atoms with van der Waals surface area (Å²) in [6, 6.07) is 0. The highest BCUT2D eigenvalue weighted by atomic mass is 15.1. The fourth-order valence-electron chi connectivity index (χ4n) is 3.00. The Morgan fingerprint density at radius 2 is 1.84 bits per heavy atom. The lowest BCUT2D eigenvalue weighted by atomic mass is 9.85. The van der Waals surface area contributed by atoms with Gasteiger partial charge in [-0.25, -0.2) is 0 Å². The largest absolute Gasteiger partial charge is 0.316 e. The van der Waals surface area contributed by atoms with E-state index in [-0.39, 0.29) is 0 Å². The van der Waals surface area contributed by atoms with Crippen molar-refractivity contribution >= 4 is 0 Å². The van der Waals surface area contributed by atoms with Crippen LogP contribution in [0.5, 0.6) is 0 Å². The zero-order valence-electron chi connectivity index (χ0n) is 14.2. The van der Waals surface area contributed by atoms with Gasteiger partial charge in [-0.15, -0.1) is 0 Å². The maximum absolute atomic E-state index is 3.62. The Morgan fingerprint density at radius 1 is 1.16 bits per heavy atom. The molecule has 0 aromatic heterocycles. The summed E-state index contributed by atoms with van der Waals surface area (Å²) < 4.78 is 0. The smallest absolute Gasteiger partial charge is 0.00448 e. The molecule has 2 heteroatoms. The van der Waals surface area contributed by atoms with Crippen molar-refractivity contribution in [1.82, 2.24) is 10.2 Å². The minimum absolute atomic E-state index is 0.378. The number of hydrogen-bond acceptors (Lipinski definition) is 2. The molecule has 0 aromatic rings. The molecule has 1 aliphatic heterocycles. The molecule has 0 aliphatic carbocycles. The minimum Gasteiger partial charge on any atom is -0.316 e. The van der Waals surface area contributed by atoms with Crippen LogP contribution in [0.3, 0.4) is 0 Å². The van der Waals surface area contributed by atoms with Gasteiger partial charge in [0.2, 0.25) is 0 Å². The first-order chi connectivity index (χ1) is 8.70. The summed E-state index contributed by atoms with van der Waals surface area (Å²) >= 11 is 0. The molecule has 2 nitrogen and oxygen atoms in total. The molecule has 0 atom stereocenters. The van der Waals surface area contributed by atoms with E-state index in [0.29, 0.717) is 10.8 Å². The van der Waals surface area contributed by atoms with Crippen LogP contribution in [0.4, 0.5) is 0 Å². The lowest BCUT2D eigenvalue weighted by Gasteiger charge is -2.33. The molecule has 1 rings (SSSR count). The van der Waals surface area contributed by atoms with Gasteiger partial charge in [0.25, 0.3) is 0 Å². The molecule has 1 aliphatic rings. The predicted molar refractivity (Wildman–Crippen MR) is 85.6 cm³/mol. The summed E-state index contributed by atoms with van der Waals surface area (Å²) in [5.41, 5.74) is 0.929. The van der Waals surface area contributed by atoms with Crippen molar-refractivity contribution in [2.24, 2.45) is 16.7 Å². The summed E-state index contributed by atoms with van der Waals surface area (Å²) in [6.45, 7) is 20.3. The monoisotopic (exact) mass is 268 g/mol. The molecular formula is C17H36N2. The molecule has 0 unspecified atom stereocenters. The second-order valence-corrected chi connectivity index (χ2v) is 8.48. The van der Waals surface area contributed by atoms with Gasteiger partial charge in [0.1, 0.15) is 0 Å². The first kappa shape index (κ1) is 17.0. The van der Waals surface area contributed by atoms with Gasteiger partial charge in [-0.05, 0) is 55.6 Å². The zero-order valence-corrected chi connectivity index (χ0v) is 14.2. The van der Waals surface area contributed by atoms with Crippen molar-refractivity contribution in [2.45, 2.75) is 60.8 Å². The molecular weight excluding hydrogens is 232 g/mol. The molecule has 0 spiro atoms. The average molecular weight is 268 g/mol. The molecule has 0 amide bonds. The highest BCUT2D eigenvalue weighted by Crippen LogP contribution is 2.30. The highest BCUT2D eigenvalue weighted by Gasteiger charge is 2.26. The van der Waals surface area contributed by atoms with E-state index >= 15 is 0 Å². The molecule has 19 heavy (non-hydrogen) atoms. The SMILES string of the molecule is CC(C)CNCC(C)(C)CN1CCCC(C)(C)CC1. The Morgan fingerprint density at radius 3 is 2.47 bits per heavy atom. The van der Waals surface area contributed by atoms with Crippen molar-refractivity contribution in [3.05, 3.63) is 0 Å². The van der Waals surface area contributed by atoms with Crippen LogP contribution < -0.4 is 5.32 Å². The fraction of sp³-hybridized carbons (Fsp3) is 1.00. The first-order valence-electron chi connectivity index (χ1n) is 8.13. The van der Waals surface area contributed by atoms with E-state index in [2.05, 4.69) is 51.8 Å². The minimum atomic E-state index is 0.378. The van der Waals surface area contributed by atoms with Gasteiger partial charge in [-0.3, -0.25) is 0 Å². The summed E-state index contributed by atoms with van der Waals surface area (Å²) in [5.74, 6) is 0.745. The van der Waals surface area contributed by atoms with Gasteiger partial charge in [0, 0.05) is 13.1 Å². The number of hydrogen-bond donors (Lipinski definition) is 1. The van der Waals surface area contributed by atoms with E-state index in [4.69, 9.17) is 0 Å². The van der Waals surface area contributed by atoms with Crippen LogP contribution in [-0.4, -0.2) is 37.6 Å².